The van der Waals surface area contributed by atoms with Crippen molar-refractivity contribution in [3.63, 3.8) is 0 Å². The molecule has 8 heteroatoms. The van der Waals surface area contributed by atoms with Crippen LogP contribution in [0.3, 0.4) is 0 Å². The molecule has 5 rings (SSSR count). The number of hydrogen-bond acceptors (Lipinski definition) is 7. The van der Waals surface area contributed by atoms with E-state index in [9.17, 15) is 14.7 Å². The lowest BCUT2D eigenvalue weighted by Crippen LogP contribution is -2.29. The highest BCUT2D eigenvalue weighted by Crippen LogP contribution is 2.43. The fourth-order valence-electron chi connectivity index (χ4n) is 4.04. The fraction of sp³-hybridized carbons (Fsp3) is 0.160. The molecule has 1 aromatic heterocycles. The maximum absolute atomic E-state index is 13.2. The molecule has 0 radical (unpaired) electrons. The van der Waals surface area contributed by atoms with Crippen molar-refractivity contribution < 1.29 is 28.9 Å². The van der Waals surface area contributed by atoms with Gasteiger partial charge in [-0.3, -0.25) is 19.5 Å². The average Bonchev–Trinajstić information content (AvgIpc) is 3.41. The largest absolute Gasteiger partial charge is 0.507 e. The summed E-state index contributed by atoms with van der Waals surface area (Å²) in [6.07, 6.45) is 3.17. The summed E-state index contributed by atoms with van der Waals surface area (Å²) in [4.78, 5) is 31.9. The van der Waals surface area contributed by atoms with Crippen LogP contribution in [-0.2, 0) is 9.59 Å². The molecule has 0 spiro atoms. The molecule has 1 atom stereocenters. The molecular formula is C25H20N2O6. The summed E-state index contributed by atoms with van der Waals surface area (Å²) in [7, 11) is 0. The van der Waals surface area contributed by atoms with Gasteiger partial charge in [0.25, 0.3) is 11.7 Å². The fourth-order valence-corrected chi connectivity index (χ4v) is 4.04. The Morgan fingerprint density at radius 1 is 1.12 bits per heavy atom. The Morgan fingerprint density at radius 2 is 1.97 bits per heavy atom. The van der Waals surface area contributed by atoms with Crippen molar-refractivity contribution in [3.8, 4) is 17.2 Å². The summed E-state index contributed by atoms with van der Waals surface area (Å²) >= 11 is 0. The van der Waals surface area contributed by atoms with Gasteiger partial charge in [-0.15, -0.1) is 0 Å². The number of aromatic nitrogens is 1. The van der Waals surface area contributed by atoms with Crippen LogP contribution in [-0.4, -0.2) is 35.2 Å². The summed E-state index contributed by atoms with van der Waals surface area (Å²) in [5, 5.41) is 11.2. The van der Waals surface area contributed by atoms with E-state index in [1.807, 2.05) is 6.92 Å². The second kappa shape index (κ2) is 8.31. The summed E-state index contributed by atoms with van der Waals surface area (Å²) < 4.78 is 16.3. The maximum Gasteiger partial charge on any atom is 0.300 e. The van der Waals surface area contributed by atoms with Crippen LogP contribution < -0.4 is 19.1 Å². The topological polar surface area (TPSA) is 98.2 Å². The van der Waals surface area contributed by atoms with Gasteiger partial charge in [0.05, 0.1) is 18.2 Å². The van der Waals surface area contributed by atoms with E-state index in [0.717, 1.165) is 0 Å². The lowest BCUT2D eigenvalue weighted by molar-refractivity contribution is -0.132. The first-order chi connectivity index (χ1) is 16.1. The van der Waals surface area contributed by atoms with Gasteiger partial charge in [-0.05, 0) is 48.9 Å². The second-order valence-electron chi connectivity index (χ2n) is 7.45. The van der Waals surface area contributed by atoms with Crippen LogP contribution >= 0.6 is 0 Å². The van der Waals surface area contributed by atoms with Gasteiger partial charge >= 0.3 is 0 Å². The Balaban J connectivity index is 1.67. The van der Waals surface area contributed by atoms with E-state index in [0.29, 0.717) is 40.7 Å². The minimum atomic E-state index is -0.874. The molecule has 0 saturated carbocycles. The van der Waals surface area contributed by atoms with Gasteiger partial charge in [0, 0.05) is 29.7 Å². The van der Waals surface area contributed by atoms with Gasteiger partial charge in [0.1, 0.15) is 11.5 Å². The Bertz CT molecular complexity index is 1270. The minimum absolute atomic E-state index is 0.0336. The molecule has 1 fully saturated rings. The highest BCUT2D eigenvalue weighted by atomic mass is 16.7. The molecule has 1 N–H and O–H groups in total. The number of hydrogen-bond donors (Lipinski definition) is 1. The molecule has 3 aromatic rings. The Labute approximate surface area is 189 Å². The number of ketones is 1. The molecular weight excluding hydrogens is 424 g/mol. The third-order valence-electron chi connectivity index (χ3n) is 5.50. The molecule has 2 aliphatic rings. The lowest BCUT2D eigenvalue weighted by Gasteiger charge is -2.25. The van der Waals surface area contributed by atoms with Crippen molar-refractivity contribution in [1.29, 1.82) is 0 Å². The third-order valence-corrected chi connectivity index (χ3v) is 5.50. The van der Waals surface area contributed by atoms with E-state index >= 15 is 0 Å². The molecule has 0 bridgehead atoms. The number of fused-ring (bicyclic) bond motifs is 1. The number of anilines is 1. The van der Waals surface area contributed by atoms with Crippen LogP contribution in [0.4, 0.5) is 5.69 Å². The van der Waals surface area contributed by atoms with Gasteiger partial charge in [-0.1, -0.05) is 12.1 Å². The highest BCUT2D eigenvalue weighted by Gasteiger charge is 2.47. The Morgan fingerprint density at radius 3 is 2.76 bits per heavy atom. The number of rotatable bonds is 5. The quantitative estimate of drug-likeness (QED) is 0.363. The van der Waals surface area contributed by atoms with Crippen LogP contribution in [0.15, 0.2) is 72.6 Å². The summed E-state index contributed by atoms with van der Waals surface area (Å²) in [5.41, 5.74) is 1.37. The number of carbonyl (C=O) groups excluding carboxylic acids is 2. The first-order valence-corrected chi connectivity index (χ1v) is 10.4. The van der Waals surface area contributed by atoms with Crippen molar-refractivity contribution in [2.75, 3.05) is 18.3 Å². The van der Waals surface area contributed by atoms with E-state index in [4.69, 9.17) is 14.2 Å². The number of pyridine rings is 1. The van der Waals surface area contributed by atoms with Crippen LogP contribution in [0.5, 0.6) is 17.2 Å². The highest BCUT2D eigenvalue weighted by molar-refractivity contribution is 6.51. The van der Waals surface area contributed by atoms with Crippen LogP contribution in [0, 0.1) is 0 Å². The summed E-state index contributed by atoms with van der Waals surface area (Å²) in [6, 6.07) is 14.4. The molecule has 1 saturated heterocycles. The zero-order valence-electron chi connectivity index (χ0n) is 17.7. The van der Waals surface area contributed by atoms with E-state index in [-0.39, 0.29) is 18.1 Å². The van der Waals surface area contributed by atoms with E-state index in [1.165, 1.54) is 4.90 Å². The zero-order chi connectivity index (χ0) is 22.9. The number of Topliss-reactive ketones (excluding diaryl/α,β-unsaturated/α-hetero) is 1. The summed E-state index contributed by atoms with van der Waals surface area (Å²) in [6.45, 7) is 2.40. The molecule has 2 aliphatic heterocycles. The van der Waals surface area contributed by atoms with Crippen molar-refractivity contribution in [2.24, 2.45) is 0 Å². The monoisotopic (exact) mass is 444 g/mol. The van der Waals surface area contributed by atoms with Gasteiger partial charge in [0.2, 0.25) is 6.79 Å². The molecule has 0 aliphatic carbocycles. The van der Waals surface area contributed by atoms with Gasteiger partial charge in [-0.2, -0.15) is 0 Å². The van der Waals surface area contributed by atoms with Crippen molar-refractivity contribution in [3.05, 3.63) is 83.7 Å². The number of aliphatic hydroxyl groups excluding tert-OH is 1. The van der Waals surface area contributed by atoms with Gasteiger partial charge in [0.15, 0.2) is 11.5 Å². The predicted molar refractivity (Wildman–Crippen MR) is 119 cm³/mol. The van der Waals surface area contributed by atoms with Gasteiger partial charge < -0.3 is 19.3 Å². The smallest absolute Gasteiger partial charge is 0.300 e. The molecule has 1 amide bonds. The lowest BCUT2D eigenvalue weighted by atomic mass is 9.96. The van der Waals surface area contributed by atoms with Crippen molar-refractivity contribution in [2.45, 2.75) is 13.0 Å². The minimum Gasteiger partial charge on any atom is -0.507 e. The molecule has 2 aromatic carbocycles. The number of ether oxygens (including phenoxy) is 3. The van der Waals surface area contributed by atoms with Crippen molar-refractivity contribution in [1.82, 2.24) is 4.98 Å². The zero-order valence-corrected chi connectivity index (χ0v) is 17.7. The summed E-state index contributed by atoms with van der Waals surface area (Å²) in [5.74, 6) is -0.277. The number of benzene rings is 2. The first-order valence-electron chi connectivity index (χ1n) is 10.4. The normalized spacial score (nSPS) is 18.6. The Hall–Kier alpha value is -4.33. The van der Waals surface area contributed by atoms with Gasteiger partial charge in [-0.25, -0.2) is 0 Å². The van der Waals surface area contributed by atoms with E-state index in [1.54, 1.807) is 67.0 Å². The maximum atomic E-state index is 13.2. The standard InChI is InChI=1S/C25H20N2O6/c1-2-31-18-7-3-6-17(12-18)27-22(16-5-4-10-26-13-16)21(24(29)25(27)30)23(28)15-8-9-19-20(11-15)33-14-32-19/h3-13,22,28H,2,14H2,1H3/b23-21-. The molecule has 1 unspecified atom stereocenters. The van der Waals surface area contributed by atoms with E-state index in [2.05, 4.69) is 4.98 Å². The number of aliphatic hydroxyl groups is 1. The average molecular weight is 444 g/mol. The predicted octanol–water partition coefficient (Wildman–Crippen LogP) is 3.84. The van der Waals surface area contributed by atoms with Crippen LogP contribution in [0.2, 0.25) is 0 Å². The number of carbonyl (C=O) groups is 2. The van der Waals surface area contributed by atoms with Crippen LogP contribution in [0.1, 0.15) is 24.1 Å². The molecule has 8 nitrogen and oxygen atoms in total. The Kier molecular flexibility index (Phi) is 5.18. The molecule has 3 heterocycles. The second-order valence-corrected chi connectivity index (χ2v) is 7.45. The van der Waals surface area contributed by atoms with Crippen molar-refractivity contribution >= 4 is 23.1 Å². The first kappa shape index (κ1) is 20.6. The van der Waals surface area contributed by atoms with Crippen LogP contribution in [0.25, 0.3) is 5.76 Å². The molecule has 33 heavy (non-hydrogen) atoms. The van der Waals surface area contributed by atoms with E-state index < -0.39 is 17.7 Å². The SMILES string of the molecule is CCOc1cccc(N2C(=O)C(=O)/C(=C(\O)c3ccc4c(c3)OCO4)C2c2cccnc2)c1. The molecule has 166 valence electrons. The third kappa shape index (κ3) is 3.55. The number of amides is 1. The number of nitrogens with zero attached hydrogens (tertiary/aromatic N) is 2.